The van der Waals surface area contributed by atoms with E-state index in [-0.39, 0.29) is 5.91 Å². The van der Waals surface area contributed by atoms with Crippen molar-refractivity contribution >= 4 is 11.6 Å². The van der Waals surface area contributed by atoms with Crippen molar-refractivity contribution in [3.05, 3.63) is 36.2 Å². The average Bonchev–Trinajstić information content (AvgIpc) is 2.84. The molecule has 19 heavy (non-hydrogen) atoms. The molecule has 0 saturated carbocycles. The number of nitrogens with zero attached hydrogens (tertiary/aromatic N) is 4. The number of carbonyl (C=O) groups excluding carboxylic acids is 1. The molecule has 0 bridgehead atoms. The highest BCUT2D eigenvalue weighted by atomic mass is 16.1. The number of aryl methyl sites for hydroxylation is 1. The van der Waals surface area contributed by atoms with Crippen molar-refractivity contribution in [2.24, 2.45) is 7.05 Å². The van der Waals surface area contributed by atoms with E-state index in [4.69, 9.17) is 0 Å². The van der Waals surface area contributed by atoms with Crippen molar-refractivity contribution < 1.29 is 4.79 Å². The van der Waals surface area contributed by atoms with Gasteiger partial charge in [-0.25, -0.2) is 4.98 Å². The van der Waals surface area contributed by atoms with Gasteiger partial charge in [-0.3, -0.25) is 14.5 Å². The number of rotatable bonds is 5. The Balaban J connectivity index is 1.87. The molecule has 0 atom stereocenters. The van der Waals surface area contributed by atoms with E-state index in [1.807, 2.05) is 7.05 Å². The lowest BCUT2D eigenvalue weighted by molar-refractivity contribution is 0.0949. The molecular formula is C12H16N6O. The maximum Gasteiger partial charge on any atom is 0.269 e. The number of anilines is 1. The highest BCUT2D eigenvalue weighted by Crippen LogP contribution is 2.06. The first-order valence-electron chi connectivity index (χ1n) is 5.95. The molecule has 2 rings (SSSR count). The van der Waals surface area contributed by atoms with Gasteiger partial charge in [-0.1, -0.05) is 0 Å². The van der Waals surface area contributed by atoms with Crippen LogP contribution in [0.2, 0.25) is 0 Å². The predicted molar refractivity (Wildman–Crippen MR) is 70.8 cm³/mol. The molecule has 2 aromatic rings. The molecule has 2 N–H and O–H groups in total. The van der Waals surface area contributed by atoms with Crippen LogP contribution in [0.25, 0.3) is 0 Å². The van der Waals surface area contributed by atoms with Crippen molar-refractivity contribution in [1.29, 1.82) is 0 Å². The van der Waals surface area contributed by atoms with Gasteiger partial charge in [-0.15, -0.1) is 0 Å². The fourth-order valence-corrected chi connectivity index (χ4v) is 1.59. The van der Waals surface area contributed by atoms with Gasteiger partial charge in [-0.05, 0) is 12.1 Å². The second kappa shape index (κ2) is 5.94. The summed E-state index contributed by atoms with van der Waals surface area (Å²) >= 11 is 0. The highest BCUT2D eigenvalue weighted by Gasteiger charge is 2.07. The third kappa shape index (κ3) is 3.51. The fraction of sp³-hybridized carbons (Fsp3) is 0.333. The molecule has 0 spiro atoms. The number of pyridine rings is 1. The molecule has 0 aliphatic rings. The van der Waals surface area contributed by atoms with Crippen LogP contribution in [0.5, 0.6) is 0 Å². The molecule has 7 heteroatoms. The summed E-state index contributed by atoms with van der Waals surface area (Å²) in [5.74, 6) is 0.507. The Hall–Kier alpha value is -2.44. The Kier molecular flexibility index (Phi) is 4.07. The van der Waals surface area contributed by atoms with Crippen LogP contribution in [-0.2, 0) is 13.5 Å². The van der Waals surface area contributed by atoms with Crippen LogP contribution in [-0.4, -0.2) is 39.2 Å². The van der Waals surface area contributed by atoms with Crippen molar-refractivity contribution in [1.82, 2.24) is 25.1 Å². The van der Waals surface area contributed by atoms with Gasteiger partial charge in [-0.2, -0.15) is 5.10 Å². The van der Waals surface area contributed by atoms with E-state index in [0.717, 1.165) is 5.69 Å². The summed E-state index contributed by atoms with van der Waals surface area (Å²) in [7, 11) is 3.60. The molecule has 0 aliphatic carbocycles. The van der Waals surface area contributed by atoms with E-state index < -0.39 is 0 Å². The molecule has 0 aromatic carbocycles. The predicted octanol–water partition coefficient (Wildman–Crippen LogP) is 0.224. The monoisotopic (exact) mass is 260 g/mol. The molecular weight excluding hydrogens is 244 g/mol. The minimum atomic E-state index is -0.201. The van der Waals surface area contributed by atoms with Gasteiger partial charge in [0.1, 0.15) is 12.0 Å². The molecule has 0 unspecified atom stereocenters. The Morgan fingerprint density at radius 1 is 1.42 bits per heavy atom. The largest absolute Gasteiger partial charge is 0.388 e. The Bertz CT molecular complexity index is 565. The topological polar surface area (TPSA) is 84.7 Å². The molecule has 100 valence electrons. The number of nitrogens with one attached hydrogen (secondary N) is 2. The second-order valence-corrected chi connectivity index (χ2v) is 4.02. The Morgan fingerprint density at radius 2 is 2.26 bits per heavy atom. The maximum atomic E-state index is 11.9. The number of hydrogen-bond donors (Lipinski definition) is 2. The van der Waals surface area contributed by atoms with Gasteiger partial charge < -0.3 is 10.6 Å². The van der Waals surface area contributed by atoms with Gasteiger partial charge in [0.25, 0.3) is 5.91 Å². The van der Waals surface area contributed by atoms with Crippen LogP contribution < -0.4 is 10.6 Å². The highest BCUT2D eigenvalue weighted by molar-refractivity contribution is 5.93. The van der Waals surface area contributed by atoms with Crippen LogP contribution in [0.1, 0.15) is 16.3 Å². The maximum absolute atomic E-state index is 11.9. The first-order valence-corrected chi connectivity index (χ1v) is 5.95. The molecule has 2 aromatic heterocycles. The summed E-state index contributed by atoms with van der Waals surface area (Å²) in [5, 5.41) is 9.89. The first-order chi connectivity index (χ1) is 9.19. The Labute approximate surface area is 111 Å². The van der Waals surface area contributed by atoms with Crippen molar-refractivity contribution in [3.63, 3.8) is 0 Å². The van der Waals surface area contributed by atoms with Crippen LogP contribution in [0, 0.1) is 0 Å². The number of amides is 1. The summed E-state index contributed by atoms with van der Waals surface area (Å²) in [6, 6.07) is 3.50. The summed E-state index contributed by atoms with van der Waals surface area (Å²) in [6.07, 6.45) is 3.83. The zero-order chi connectivity index (χ0) is 13.7. The van der Waals surface area contributed by atoms with Gasteiger partial charge in [0.05, 0.1) is 0 Å². The van der Waals surface area contributed by atoms with E-state index in [0.29, 0.717) is 24.5 Å². The van der Waals surface area contributed by atoms with Crippen molar-refractivity contribution in [2.75, 3.05) is 18.9 Å². The number of aromatic nitrogens is 4. The van der Waals surface area contributed by atoms with E-state index in [9.17, 15) is 4.79 Å². The number of hydrogen-bond acceptors (Lipinski definition) is 5. The van der Waals surface area contributed by atoms with Crippen LogP contribution in [0.15, 0.2) is 24.7 Å². The fourth-order valence-electron chi connectivity index (χ4n) is 1.59. The zero-order valence-electron chi connectivity index (χ0n) is 10.9. The molecule has 0 radical (unpaired) electrons. The van der Waals surface area contributed by atoms with Gasteiger partial charge >= 0.3 is 0 Å². The smallest absolute Gasteiger partial charge is 0.269 e. The van der Waals surface area contributed by atoms with Gasteiger partial charge in [0.15, 0.2) is 5.82 Å². The molecule has 0 fully saturated rings. The lowest BCUT2D eigenvalue weighted by atomic mass is 10.3. The molecule has 1 amide bonds. The molecule has 0 aliphatic heterocycles. The van der Waals surface area contributed by atoms with E-state index >= 15 is 0 Å². The SMILES string of the molecule is CNc1ccnc(C(=O)NCCc2ncn(C)n2)c1. The van der Waals surface area contributed by atoms with E-state index in [2.05, 4.69) is 25.7 Å². The first kappa shape index (κ1) is 13.0. The minimum absolute atomic E-state index is 0.201. The number of carbonyl (C=O) groups is 1. The summed E-state index contributed by atoms with van der Waals surface area (Å²) in [6.45, 7) is 0.480. The van der Waals surface area contributed by atoms with Crippen LogP contribution in [0.4, 0.5) is 5.69 Å². The lowest BCUT2D eigenvalue weighted by Gasteiger charge is -2.05. The second-order valence-electron chi connectivity index (χ2n) is 4.02. The van der Waals surface area contributed by atoms with Crippen LogP contribution in [0.3, 0.4) is 0 Å². The van der Waals surface area contributed by atoms with E-state index in [1.165, 1.54) is 0 Å². The molecule has 0 saturated heterocycles. The normalized spacial score (nSPS) is 10.2. The molecule has 2 heterocycles. The van der Waals surface area contributed by atoms with Crippen LogP contribution >= 0.6 is 0 Å². The average molecular weight is 260 g/mol. The third-order valence-electron chi connectivity index (χ3n) is 2.56. The third-order valence-corrected chi connectivity index (χ3v) is 2.56. The zero-order valence-corrected chi connectivity index (χ0v) is 10.9. The minimum Gasteiger partial charge on any atom is -0.388 e. The van der Waals surface area contributed by atoms with Crippen molar-refractivity contribution in [2.45, 2.75) is 6.42 Å². The Morgan fingerprint density at radius 3 is 2.95 bits per heavy atom. The van der Waals surface area contributed by atoms with Gasteiger partial charge in [0, 0.05) is 38.9 Å². The summed E-state index contributed by atoms with van der Waals surface area (Å²) in [5.41, 5.74) is 1.24. The summed E-state index contributed by atoms with van der Waals surface area (Å²) < 4.78 is 1.63. The summed E-state index contributed by atoms with van der Waals surface area (Å²) in [4.78, 5) is 20.0. The lowest BCUT2D eigenvalue weighted by Crippen LogP contribution is -2.26. The molecule has 7 nitrogen and oxygen atoms in total. The van der Waals surface area contributed by atoms with Crippen molar-refractivity contribution in [3.8, 4) is 0 Å². The standard InChI is InChI=1S/C12H16N6O/c1-13-9-3-5-14-10(7-9)12(19)15-6-4-11-16-8-18(2)17-11/h3,5,7-8H,4,6H2,1-2H3,(H,13,14)(H,15,19). The quantitative estimate of drug-likeness (QED) is 0.803. The van der Waals surface area contributed by atoms with Gasteiger partial charge in [0.2, 0.25) is 0 Å². The van der Waals surface area contributed by atoms with E-state index in [1.54, 1.807) is 36.4 Å².